The molecular formula is C4H11BrGe. The number of alkyl halides is 1. The third kappa shape index (κ3) is 5.02. The molecule has 0 rings (SSSR count). The predicted octanol–water partition coefficient (Wildman–Crippen LogP) is 1.87. The molecule has 0 aromatic carbocycles. The third-order valence-electron chi connectivity index (χ3n) is 0.686. The van der Waals surface area contributed by atoms with E-state index in [2.05, 4.69) is 27.4 Å². The van der Waals surface area contributed by atoms with Crippen molar-refractivity contribution in [3.63, 3.8) is 0 Å². The molecule has 38 valence electrons. The summed E-state index contributed by atoms with van der Waals surface area (Å²) in [7, 11) is 0. The van der Waals surface area contributed by atoms with Crippen molar-refractivity contribution in [1.82, 2.24) is 0 Å². The summed E-state index contributed by atoms with van der Waals surface area (Å²) < 4.78 is 0. The van der Waals surface area contributed by atoms with Crippen molar-refractivity contribution < 1.29 is 0 Å². The molecule has 0 aliphatic carbocycles. The molecule has 0 heterocycles. The molecule has 0 atom stereocenters. The Labute approximate surface area is 52.6 Å². The molecule has 0 bridgehead atoms. The van der Waals surface area contributed by atoms with Gasteiger partial charge in [0.05, 0.1) is 0 Å². The Balaban J connectivity index is 2.63. The van der Waals surface area contributed by atoms with Gasteiger partial charge in [-0.05, 0) is 0 Å². The molecule has 0 amide bonds. The average Bonchev–Trinajstić information content (AvgIpc) is 1.35. The number of hydrogen-bond acceptors (Lipinski definition) is 0. The van der Waals surface area contributed by atoms with Crippen LogP contribution in [0.1, 0.15) is 0 Å². The molecule has 0 spiro atoms. The van der Waals surface area contributed by atoms with Gasteiger partial charge in [0.2, 0.25) is 0 Å². The first kappa shape index (κ1) is 7.02. The van der Waals surface area contributed by atoms with Crippen LogP contribution < -0.4 is 0 Å². The van der Waals surface area contributed by atoms with Crippen LogP contribution in [0.4, 0.5) is 0 Å². The summed E-state index contributed by atoms with van der Waals surface area (Å²) in [6.45, 7) is 0. The van der Waals surface area contributed by atoms with Gasteiger partial charge in [-0.25, -0.2) is 0 Å². The summed E-state index contributed by atoms with van der Waals surface area (Å²) in [5.74, 6) is 4.82. The normalized spacial score (nSPS) is 10.0. The minimum absolute atomic E-state index is 0.591. The maximum atomic E-state index is 3.40. The zero-order valence-electron chi connectivity index (χ0n) is 4.37. The second kappa shape index (κ2) is 4.19. The number of halogens is 1. The quantitative estimate of drug-likeness (QED) is 0.483. The predicted molar refractivity (Wildman–Crippen MR) is 37.5 cm³/mol. The summed E-state index contributed by atoms with van der Waals surface area (Å²) in [5, 5.41) is 2.71. The van der Waals surface area contributed by atoms with E-state index in [4.69, 9.17) is 0 Å². The van der Waals surface area contributed by atoms with E-state index in [-0.39, 0.29) is 0 Å². The van der Waals surface area contributed by atoms with E-state index in [0.29, 0.717) is 0 Å². The molecule has 0 aliphatic heterocycles. The molecule has 0 N–H and O–H groups in total. The van der Waals surface area contributed by atoms with E-state index in [1.165, 1.54) is 10.6 Å². The van der Waals surface area contributed by atoms with E-state index in [9.17, 15) is 0 Å². The summed E-state index contributed by atoms with van der Waals surface area (Å²) in [5.41, 5.74) is 0. The van der Waals surface area contributed by atoms with Crippen LogP contribution in [-0.2, 0) is 0 Å². The second-order valence-corrected chi connectivity index (χ2v) is 9.72. The van der Waals surface area contributed by atoms with Crippen LogP contribution in [-0.4, -0.2) is 19.7 Å². The van der Waals surface area contributed by atoms with Crippen molar-refractivity contribution in [2.45, 2.75) is 16.8 Å². The zero-order valence-corrected chi connectivity index (χ0v) is 8.38. The summed E-state index contributed by atoms with van der Waals surface area (Å²) in [4.78, 5) is 0. The second-order valence-electron chi connectivity index (χ2n) is 1.87. The number of rotatable bonds is 2. The molecule has 2 heteroatoms. The van der Waals surface area contributed by atoms with Gasteiger partial charge < -0.3 is 0 Å². The fraction of sp³-hybridized carbons (Fsp3) is 1.00. The first-order chi connectivity index (χ1) is 2.77. The topological polar surface area (TPSA) is 0 Å². The van der Waals surface area contributed by atoms with Gasteiger partial charge in [-0.15, -0.1) is 0 Å². The molecule has 0 aromatic heterocycles. The van der Waals surface area contributed by atoms with Gasteiger partial charge in [0.25, 0.3) is 0 Å². The van der Waals surface area contributed by atoms with Crippen molar-refractivity contribution in [2.24, 2.45) is 0 Å². The van der Waals surface area contributed by atoms with E-state index in [1.807, 2.05) is 0 Å². The summed E-state index contributed by atoms with van der Waals surface area (Å²) >= 11 is 2.81. The first-order valence-electron chi connectivity index (χ1n) is 2.33. The van der Waals surface area contributed by atoms with Gasteiger partial charge >= 0.3 is 52.4 Å². The monoisotopic (exact) mass is 212 g/mol. The van der Waals surface area contributed by atoms with Crippen LogP contribution in [0.2, 0.25) is 16.8 Å². The van der Waals surface area contributed by atoms with E-state index >= 15 is 0 Å². The van der Waals surface area contributed by atoms with Crippen LogP contribution >= 0.6 is 15.9 Å². The third-order valence-corrected chi connectivity index (χ3v) is 5.95. The SMILES string of the molecule is [CH3][GeH]([CH3])[CH2]CBr. The molecule has 0 radical (unpaired) electrons. The molecule has 0 aliphatic rings. The molecule has 0 saturated heterocycles. The molecular weight excluding hydrogens is 201 g/mol. The van der Waals surface area contributed by atoms with E-state index < -0.39 is 14.3 Å². The summed E-state index contributed by atoms with van der Waals surface area (Å²) in [6, 6.07) is 0. The Kier molecular flexibility index (Phi) is 4.90. The van der Waals surface area contributed by atoms with E-state index in [0.717, 1.165) is 0 Å². The molecule has 0 aromatic rings. The zero-order chi connectivity index (χ0) is 4.99. The van der Waals surface area contributed by atoms with Crippen molar-refractivity contribution >= 4 is 30.3 Å². The van der Waals surface area contributed by atoms with Gasteiger partial charge in [0, 0.05) is 0 Å². The Morgan fingerprint density at radius 1 is 1.50 bits per heavy atom. The molecule has 0 fully saturated rings. The number of hydrogen-bond donors (Lipinski definition) is 0. The van der Waals surface area contributed by atoms with Crippen LogP contribution in [0.15, 0.2) is 0 Å². The maximum absolute atomic E-state index is 3.40. The molecule has 0 unspecified atom stereocenters. The van der Waals surface area contributed by atoms with Crippen LogP contribution in [0.3, 0.4) is 0 Å². The van der Waals surface area contributed by atoms with Crippen LogP contribution in [0, 0.1) is 0 Å². The average molecular weight is 212 g/mol. The van der Waals surface area contributed by atoms with Crippen molar-refractivity contribution in [2.75, 3.05) is 5.33 Å². The Morgan fingerprint density at radius 3 is 2.00 bits per heavy atom. The minimum atomic E-state index is -0.591. The van der Waals surface area contributed by atoms with E-state index in [1.54, 1.807) is 0 Å². The van der Waals surface area contributed by atoms with Crippen LogP contribution in [0.5, 0.6) is 0 Å². The first-order valence-corrected chi connectivity index (χ1v) is 10.0. The van der Waals surface area contributed by atoms with Crippen molar-refractivity contribution in [3.8, 4) is 0 Å². The van der Waals surface area contributed by atoms with Gasteiger partial charge in [0.1, 0.15) is 0 Å². The Morgan fingerprint density at radius 2 is 2.00 bits per heavy atom. The van der Waals surface area contributed by atoms with Gasteiger partial charge in [-0.3, -0.25) is 0 Å². The fourth-order valence-corrected chi connectivity index (χ4v) is 5.89. The van der Waals surface area contributed by atoms with Gasteiger partial charge in [0.15, 0.2) is 0 Å². The van der Waals surface area contributed by atoms with Crippen molar-refractivity contribution in [1.29, 1.82) is 0 Å². The van der Waals surface area contributed by atoms with Crippen molar-refractivity contribution in [3.05, 3.63) is 0 Å². The molecule has 6 heavy (non-hydrogen) atoms. The standard InChI is InChI=1S/C4H11BrGe/c1-6(2)4-3-5/h6H,3-4H2,1-2H3. The molecule has 0 saturated carbocycles. The van der Waals surface area contributed by atoms with Crippen LogP contribution in [0.25, 0.3) is 0 Å². The Bertz CT molecular complexity index is 28.7. The van der Waals surface area contributed by atoms with Gasteiger partial charge in [-0.1, -0.05) is 0 Å². The molecule has 0 nitrogen and oxygen atoms in total. The fourth-order valence-electron chi connectivity index (χ4n) is 0.218. The Hall–Kier alpha value is 1.02. The van der Waals surface area contributed by atoms with Gasteiger partial charge in [-0.2, -0.15) is 0 Å². The summed E-state index contributed by atoms with van der Waals surface area (Å²) in [6.07, 6.45) is 0.